The van der Waals surface area contributed by atoms with Gasteiger partial charge in [0.2, 0.25) is 6.79 Å². The summed E-state index contributed by atoms with van der Waals surface area (Å²) in [6.07, 6.45) is 2.31. The van der Waals surface area contributed by atoms with Crippen LogP contribution < -0.4 is 9.47 Å². The summed E-state index contributed by atoms with van der Waals surface area (Å²) in [5, 5.41) is 1.21. The molecule has 0 radical (unpaired) electrons. The summed E-state index contributed by atoms with van der Waals surface area (Å²) in [4.78, 5) is 15.3. The summed E-state index contributed by atoms with van der Waals surface area (Å²) in [5.74, 6) is 1.16. The summed E-state index contributed by atoms with van der Waals surface area (Å²) < 4.78 is 10.5. The van der Waals surface area contributed by atoms with Gasteiger partial charge in [-0.1, -0.05) is 11.6 Å². The number of aldehydes is 1. The van der Waals surface area contributed by atoms with E-state index >= 15 is 0 Å². The number of hydrogen-bond donors (Lipinski definition) is 0. The van der Waals surface area contributed by atoms with E-state index in [0.717, 1.165) is 16.9 Å². The second-order valence-electron chi connectivity index (χ2n) is 3.38. The largest absolute Gasteiger partial charge is 0.454 e. The van der Waals surface area contributed by atoms with E-state index in [2.05, 4.69) is 4.98 Å². The number of benzene rings is 1. The first-order chi connectivity index (χ1) is 8.28. The first-order valence-electron chi connectivity index (χ1n) is 4.78. The molecule has 1 aromatic carbocycles. The van der Waals surface area contributed by atoms with E-state index < -0.39 is 0 Å². The second-order valence-corrected chi connectivity index (χ2v) is 4.85. The fraction of sp³-hybridized carbons (Fsp3) is 0.0909. The Labute approximate surface area is 106 Å². The monoisotopic (exact) mass is 267 g/mol. The molecule has 1 aliphatic heterocycles. The molecule has 0 unspecified atom stereocenters. The van der Waals surface area contributed by atoms with Crippen LogP contribution in [0.5, 0.6) is 11.5 Å². The Bertz CT molecular complexity index is 596. The van der Waals surface area contributed by atoms with Crippen LogP contribution in [0.1, 0.15) is 9.67 Å². The van der Waals surface area contributed by atoms with Crippen LogP contribution in [0, 0.1) is 0 Å². The zero-order chi connectivity index (χ0) is 11.8. The molecule has 0 aliphatic carbocycles. The molecule has 0 spiro atoms. The highest BCUT2D eigenvalue weighted by Gasteiger charge is 2.19. The predicted molar refractivity (Wildman–Crippen MR) is 64.1 cm³/mol. The minimum Gasteiger partial charge on any atom is -0.454 e. The highest BCUT2D eigenvalue weighted by Crippen LogP contribution is 2.42. The van der Waals surface area contributed by atoms with Gasteiger partial charge in [-0.3, -0.25) is 4.79 Å². The molecule has 3 rings (SSSR count). The number of halogens is 1. The molecule has 0 atom stereocenters. The molecule has 4 nitrogen and oxygen atoms in total. The van der Waals surface area contributed by atoms with Crippen molar-refractivity contribution in [1.82, 2.24) is 4.98 Å². The minimum absolute atomic E-state index is 0.177. The van der Waals surface area contributed by atoms with Crippen LogP contribution in [0.15, 0.2) is 18.3 Å². The lowest BCUT2D eigenvalue weighted by atomic mass is 10.2. The third kappa shape index (κ3) is 1.77. The summed E-state index contributed by atoms with van der Waals surface area (Å²) >= 11 is 7.37. The fourth-order valence-corrected chi connectivity index (χ4v) is 2.55. The summed E-state index contributed by atoms with van der Waals surface area (Å²) in [5.41, 5.74) is 0.817. The molecule has 1 aromatic heterocycles. The third-order valence-corrected chi connectivity index (χ3v) is 3.57. The maximum Gasteiger partial charge on any atom is 0.231 e. The van der Waals surface area contributed by atoms with Crippen LogP contribution in [0.4, 0.5) is 0 Å². The number of ether oxygens (including phenoxy) is 2. The van der Waals surface area contributed by atoms with Crippen molar-refractivity contribution in [3.05, 3.63) is 28.2 Å². The van der Waals surface area contributed by atoms with Gasteiger partial charge in [0.05, 0.1) is 9.90 Å². The van der Waals surface area contributed by atoms with Gasteiger partial charge in [-0.25, -0.2) is 4.98 Å². The number of fused-ring (bicyclic) bond motifs is 1. The van der Waals surface area contributed by atoms with E-state index in [9.17, 15) is 4.79 Å². The van der Waals surface area contributed by atoms with E-state index in [1.54, 1.807) is 6.07 Å². The average Bonchev–Trinajstić information content (AvgIpc) is 2.97. The normalized spacial score (nSPS) is 12.8. The Kier molecular flexibility index (Phi) is 2.49. The summed E-state index contributed by atoms with van der Waals surface area (Å²) in [6, 6.07) is 3.56. The molecule has 0 N–H and O–H groups in total. The maximum absolute atomic E-state index is 10.6. The minimum atomic E-state index is 0.177. The van der Waals surface area contributed by atoms with Crippen LogP contribution in [-0.2, 0) is 0 Å². The van der Waals surface area contributed by atoms with Gasteiger partial charge < -0.3 is 9.47 Å². The number of carbonyl (C=O) groups excluding carboxylic acids is 1. The molecule has 0 fully saturated rings. The highest BCUT2D eigenvalue weighted by molar-refractivity contribution is 7.16. The Morgan fingerprint density at radius 3 is 3.06 bits per heavy atom. The summed E-state index contributed by atoms with van der Waals surface area (Å²) in [6.45, 7) is 0.177. The van der Waals surface area contributed by atoms with E-state index in [1.807, 2.05) is 6.07 Å². The van der Waals surface area contributed by atoms with E-state index in [0.29, 0.717) is 21.4 Å². The van der Waals surface area contributed by atoms with E-state index in [-0.39, 0.29) is 6.79 Å². The molecule has 2 heterocycles. The molecule has 0 bridgehead atoms. The predicted octanol–water partition coefficient (Wildman–Crippen LogP) is 3.00. The number of carbonyl (C=O) groups is 1. The Balaban J connectivity index is 2.09. The van der Waals surface area contributed by atoms with Gasteiger partial charge in [-0.15, -0.1) is 11.3 Å². The van der Waals surface area contributed by atoms with Crippen LogP contribution in [0.25, 0.3) is 10.6 Å². The zero-order valence-corrected chi connectivity index (χ0v) is 10.0. The number of aromatic nitrogens is 1. The van der Waals surface area contributed by atoms with Crippen LogP contribution >= 0.6 is 22.9 Å². The van der Waals surface area contributed by atoms with Crippen molar-refractivity contribution in [3.63, 3.8) is 0 Å². The Hall–Kier alpha value is -1.59. The lowest BCUT2D eigenvalue weighted by molar-refractivity contribution is 0.112. The first-order valence-corrected chi connectivity index (χ1v) is 5.98. The van der Waals surface area contributed by atoms with Gasteiger partial charge in [0.15, 0.2) is 17.8 Å². The Morgan fingerprint density at radius 1 is 1.41 bits per heavy atom. The van der Waals surface area contributed by atoms with Crippen molar-refractivity contribution in [2.75, 3.05) is 6.79 Å². The summed E-state index contributed by atoms with van der Waals surface area (Å²) in [7, 11) is 0. The molecule has 17 heavy (non-hydrogen) atoms. The van der Waals surface area contributed by atoms with Gasteiger partial charge >= 0.3 is 0 Å². The van der Waals surface area contributed by atoms with Gasteiger partial charge in [0.1, 0.15) is 5.01 Å². The van der Waals surface area contributed by atoms with Crippen molar-refractivity contribution in [2.45, 2.75) is 0 Å². The van der Waals surface area contributed by atoms with Crippen molar-refractivity contribution >= 4 is 29.2 Å². The van der Waals surface area contributed by atoms with Crippen molar-refractivity contribution in [3.8, 4) is 22.1 Å². The van der Waals surface area contributed by atoms with Gasteiger partial charge in [0.25, 0.3) is 0 Å². The first kappa shape index (κ1) is 10.6. The Morgan fingerprint density at radius 2 is 2.29 bits per heavy atom. The molecule has 2 aromatic rings. The van der Waals surface area contributed by atoms with Gasteiger partial charge in [-0.05, 0) is 12.1 Å². The topological polar surface area (TPSA) is 48.4 Å². The number of nitrogens with zero attached hydrogens (tertiary/aromatic N) is 1. The van der Waals surface area contributed by atoms with Crippen LogP contribution in [-0.4, -0.2) is 18.1 Å². The molecule has 6 heteroatoms. The highest BCUT2D eigenvalue weighted by atomic mass is 35.5. The van der Waals surface area contributed by atoms with Crippen molar-refractivity contribution in [1.29, 1.82) is 0 Å². The molecule has 1 aliphatic rings. The van der Waals surface area contributed by atoms with Crippen molar-refractivity contribution < 1.29 is 14.3 Å². The second kappa shape index (κ2) is 4.01. The number of rotatable bonds is 2. The molecule has 86 valence electrons. The van der Waals surface area contributed by atoms with Crippen LogP contribution in [0.3, 0.4) is 0 Å². The van der Waals surface area contributed by atoms with Crippen LogP contribution in [0.2, 0.25) is 5.02 Å². The van der Waals surface area contributed by atoms with Gasteiger partial charge in [-0.2, -0.15) is 0 Å². The number of hydrogen-bond acceptors (Lipinski definition) is 5. The smallest absolute Gasteiger partial charge is 0.231 e. The van der Waals surface area contributed by atoms with E-state index in [4.69, 9.17) is 21.1 Å². The quantitative estimate of drug-likeness (QED) is 0.785. The zero-order valence-electron chi connectivity index (χ0n) is 8.47. The van der Waals surface area contributed by atoms with E-state index in [1.165, 1.54) is 17.5 Å². The standard InChI is InChI=1S/C11H6ClNO3S/c12-8-1-6(2-9-10(8)16-5-15-9)11-13-3-7(4-14)17-11/h1-4H,5H2. The van der Waals surface area contributed by atoms with Gasteiger partial charge in [0, 0.05) is 11.8 Å². The molecular weight excluding hydrogens is 262 g/mol. The fourth-order valence-electron chi connectivity index (χ4n) is 1.57. The lowest BCUT2D eigenvalue weighted by Gasteiger charge is -2.01. The lowest BCUT2D eigenvalue weighted by Crippen LogP contribution is -1.93. The number of thiazole rings is 1. The molecule has 0 saturated heterocycles. The molecule has 0 amide bonds. The third-order valence-electron chi connectivity index (χ3n) is 2.31. The SMILES string of the molecule is O=Cc1cnc(-c2cc(Cl)c3c(c2)OCO3)s1. The average molecular weight is 268 g/mol. The maximum atomic E-state index is 10.6. The van der Waals surface area contributed by atoms with Crippen molar-refractivity contribution in [2.24, 2.45) is 0 Å². The molecule has 0 saturated carbocycles. The molecular formula is C11H6ClNO3S.